The van der Waals surface area contributed by atoms with Crippen molar-refractivity contribution >= 4 is 11.7 Å². The van der Waals surface area contributed by atoms with Crippen LogP contribution in [0.5, 0.6) is 0 Å². The Balaban J connectivity index is 1.49. The summed E-state index contributed by atoms with van der Waals surface area (Å²) < 4.78 is 0. The van der Waals surface area contributed by atoms with Crippen molar-refractivity contribution < 1.29 is 4.79 Å². The number of aromatic amines is 1. The lowest BCUT2D eigenvalue weighted by Gasteiger charge is -2.28. The quantitative estimate of drug-likeness (QED) is 0.707. The minimum atomic E-state index is -0.209. The third-order valence-corrected chi connectivity index (χ3v) is 5.23. The molecule has 0 fully saturated rings. The van der Waals surface area contributed by atoms with Gasteiger partial charge in [-0.15, -0.1) is 0 Å². The topological polar surface area (TPSA) is 78.1 Å². The average molecular weight is 388 g/mol. The normalized spacial score (nSPS) is 13.3. The van der Waals surface area contributed by atoms with Crippen molar-refractivity contribution in [2.24, 2.45) is 0 Å². The summed E-state index contributed by atoms with van der Waals surface area (Å²) >= 11 is 0. The number of aromatic nitrogens is 2. The van der Waals surface area contributed by atoms with Gasteiger partial charge in [-0.05, 0) is 23.6 Å². The van der Waals surface area contributed by atoms with Crippen LogP contribution in [-0.2, 0) is 13.0 Å². The van der Waals surface area contributed by atoms with Crippen molar-refractivity contribution in [3.63, 3.8) is 0 Å². The molecule has 2 N–H and O–H groups in total. The molecule has 0 spiro atoms. The molecule has 0 bridgehead atoms. The molecule has 4 rings (SSSR count). The maximum Gasteiger partial charge on any atom is 0.322 e. The smallest absolute Gasteiger partial charge is 0.320 e. The number of carbonyl (C=O) groups is 1. The number of carbonyl (C=O) groups excluding carboxylic acids is 1. The summed E-state index contributed by atoms with van der Waals surface area (Å²) in [5.74, 6) is 1.01. The number of nitrogens with zero attached hydrogens (tertiary/aromatic N) is 2. The molecule has 1 aromatic heterocycles. The number of fused-ring (bicyclic) bond motifs is 1. The molecule has 2 heterocycles. The maximum atomic E-state index is 12.7. The molecule has 0 radical (unpaired) electrons. The molecule has 148 valence electrons. The van der Waals surface area contributed by atoms with Crippen LogP contribution in [0.3, 0.4) is 0 Å². The van der Waals surface area contributed by atoms with Gasteiger partial charge in [0, 0.05) is 24.2 Å². The lowest BCUT2D eigenvalue weighted by Crippen LogP contribution is -2.41. The van der Waals surface area contributed by atoms with Crippen molar-refractivity contribution in [3.8, 4) is 11.4 Å². The molecule has 1 aliphatic heterocycles. The maximum absolute atomic E-state index is 12.7. The molecule has 0 saturated heterocycles. The van der Waals surface area contributed by atoms with Crippen molar-refractivity contribution in [2.75, 3.05) is 11.9 Å². The van der Waals surface area contributed by atoms with Gasteiger partial charge in [-0.3, -0.25) is 4.79 Å². The Labute approximate surface area is 169 Å². The highest BCUT2D eigenvalue weighted by Crippen LogP contribution is 2.20. The standard InChI is InChI=1S/C23H24N4O2/c1-15(2)16-8-10-18(11-9-16)24-23(29)27-13-12-20-19(14-27)22(28)26-21(25-20)17-6-4-3-5-7-17/h3-11,15H,12-14H2,1-2H3,(H,24,29)(H,25,26,28). The van der Waals surface area contributed by atoms with Crippen LogP contribution in [0.2, 0.25) is 0 Å². The third-order valence-electron chi connectivity index (χ3n) is 5.23. The van der Waals surface area contributed by atoms with Crippen LogP contribution in [0, 0.1) is 0 Å². The number of hydrogen-bond acceptors (Lipinski definition) is 3. The van der Waals surface area contributed by atoms with Crippen molar-refractivity contribution in [1.29, 1.82) is 0 Å². The van der Waals surface area contributed by atoms with Gasteiger partial charge in [0.2, 0.25) is 0 Å². The molecule has 1 aliphatic rings. The van der Waals surface area contributed by atoms with E-state index >= 15 is 0 Å². The minimum absolute atomic E-state index is 0.187. The number of benzene rings is 2. The van der Waals surface area contributed by atoms with Gasteiger partial charge in [0.1, 0.15) is 5.82 Å². The SMILES string of the molecule is CC(C)c1ccc(NC(=O)N2CCc3nc(-c4ccccc4)[nH]c(=O)c3C2)cc1. The van der Waals surface area contributed by atoms with Crippen LogP contribution in [0.25, 0.3) is 11.4 Å². The third kappa shape index (κ3) is 4.06. The lowest BCUT2D eigenvalue weighted by molar-refractivity contribution is 0.205. The monoisotopic (exact) mass is 388 g/mol. The van der Waals surface area contributed by atoms with E-state index in [1.54, 1.807) is 4.90 Å². The summed E-state index contributed by atoms with van der Waals surface area (Å²) in [4.78, 5) is 34.4. The summed E-state index contributed by atoms with van der Waals surface area (Å²) in [6, 6.07) is 17.2. The lowest BCUT2D eigenvalue weighted by atomic mass is 10.0. The molecule has 6 heteroatoms. The molecule has 2 aromatic carbocycles. The van der Waals surface area contributed by atoms with E-state index in [1.807, 2.05) is 54.6 Å². The van der Waals surface area contributed by atoms with Crippen LogP contribution >= 0.6 is 0 Å². The molecular weight excluding hydrogens is 364 g/mol. The second-order valence-corrected chi connectivity index (χ2v) is 7.58. The van der Waals surface area contributed by atoms with E-state index in [1.165, 1.54) is 5.56 Å². The number of urea groups is 1. The summed E-state index contributed by atoms with van der Waals surface area (Å²) in [7, 11) is 0. The minimum Gasteiger partial charge on any atom is -0.320 e. The predicted molar refractivity (Wildman–Crippen MR) is 114 cm³/mol. The van der Waals surface area contributed by atoms with Gasteiger partial charge < -0.3 is 15.2 Å². The molecule has 0 unspecified atom stereocenters. The highest BCUT2D eigenvalue weighted by Gasteiger charge is 2.24. The van der Waals surface area contributed by atoms with E-state index in [9.17, 15) is 9.59 Å². The van der Waals surface area contributed by atoms with Gasteiger partial charge in [0.25, 0.3) is 5.56 Å². The molecule has 0 saturated carbocycles. The summed E-state index contributed by atoms with van der Waals surface area (Å²) in [6.45, 7) is 5.04. The average Bonchev–Trinajstić information content (AvgIpc) is 2.74. The van der Waals surface area contributed by atoms with E-state index in [-0.39, 0.29) is 18.1 Å². The summed E-state index contributed by atoms with van der Waals surface area (Å²) in [5, 5.41) is 2.92. The number of H-pyrrole nitrogens is 1. The highest BCUT2D eigenvalue weighted by molar-refractivity contribution is 5.89. The van der Waals surface area contributed by atoms with Crippen molar-refractivity contribution in [3.05, 3.63) is 81.8 Å². The molecular formula is C23H24N4O2. The first-order valence-electron chi connectivity index (χ1n) is 9.84. The Morgan fingerprint density at radius 3 is 2.52 bits per heavy atom. The number of nitrogens with one attached hydrogen (secondary N) is 2. The number of amides is 2. The first-order chi connectivity index (χ1) is 14.0. The largest absolute Gasteiger partial charge is 0.322 e. The first kappa shape index (κ1) is 18.9. The second kappa shape index (κ2) is 7.91. The van der Waals surface area contributed by atoms with Crippen LogP contribution in [0.4, 0.5) is 10.5 Å². The summed E-state index contributed by atoms with van der Waals surface area (Å²) in [6.07, 6.45) is 0.554. The molecule has 0 aliphatic carbocycles. The molecule has 6 nitrogen and oxygen atoms in total. The molecule has 0 atom stereocenters. The zero-order chi connectivity index (χ0) is 20.4. The van der Waals surface area contributed by atoms with E-state index in [0.717, 1.165) is 16.9 Å². The Morgan fingerprint density at radius 1 is 1.10 bits per heavy atom. The van der Waals surface area contributed by atoms with Gasteiger partial charge in [-0.25, -0.2) is 9.78 Å². The van der Waals surface area contributed by atoms with Gasteiger partial charge >= 0.3 is 6.03 Å². The number of anilines is 1. The Hall–Kier alpha value is -3.41. The van der Waals surface area contributed by atoms with Crippen molar-refractivity contribution in [1.82, 2.24) is 14.9 Å². The molecule has 3 aromatic rings. The van der Waals surface area contributed by atoms with E-state index < -0.39 is 0 Å². The van der Waals surface area contributed by atoms with E-state index in [4.69, 9.17) is 0 Å². The van der Waals surface area contributed by atoms with Gasteiger partial charge in [-0.1, -0.05) is 56.3 Å². The fourth-order valence-corrected chi connectivity index (χ4v) is 3.49. The first-order valence-corrected chi connectivity index (χ1v) is 9.84. The van der Waals surface area contributed by atoms with Gasteiger partial charge in [0.05, 0.1) is 17.8 Å². The molecule has 29 heavy (non-hydrogen) atoms. The van der Waals surface area contributed by atoms with E-state index in [0.29, 0.717) is 30.3 Å². The zero-order valence-electron chi connectivity index (χ0n) is 16.6. The second-order valence-electron chi connectivity index (χ2n) is 7.58. The fraction of sp³-hybridized carbons (Fsp3) is 0.261. The van der Waals surface area contributed by atoms with Gasteiger partial charge in [-0.2, -0.15) is 0 Å². The molecule has 2 amide bonds. The Morgan fingerprint density at radius 2 is 1.83 bits per heavy atom. The van der Waals surface area contributed by atoms with Crippen LogP contribution in [0.15, 0.2) is 59.4 Å². The summed E-state index contributed by atoms with van der Waals surface area (Å²) in [5.41, 5.74) is 3.97. The predicted octanol–water partition coefficient (Wildman–Crippen LogP) is 4.15. The fourth-order valence-electron chi connectivity index (χ4n) is 3.49. The van der Waals surface area contributed by atoms with Crippen molar-refractivity contribution in [2.45, 2.75) is 32.7 Å². The van der Waals surface area contributed by atoms with Crippen LogP contribution < -0.4 is 10.9 Å². The van der Waals surface area contributed by atoms with Crippen LogP contribution in [-0.4, -0.2) is 27.4 Å². The zero-order valence-corrected chi connectivity index (χ0v) is 16.6. The number of rotatable bonds is 3. The van der Waals surface area contributed by atoms with Gasteiger partial charge in [0.15, 0.2) is 0 Å². The highest BCUT2D eigenvalue weighted by atomic mass is 16.2. The Kier molecular flexibility index (Phi) is 5.16. The van der Waals surface area contributed by atoms with E-state index in [2.05, 4.69) is 29.1 Å². The Bertz CT molecular complexity index is 1070. The number of hydrogen-bond donors (Lipinski definition) is 2. The van der Waals surface area contributed by atoms with Crippen LogP contribution in [0.1, 0.15) is 36.6 Å².